The first-order chi connectivity index (χ1) is 17.0. The summed E-state index contributed by atoms with van der Waals surface area (Å²) in [5.41, 5.74) is 3.30. The number of carbonyl (C=O) groups is 2. The van der Waals surface area contributed by atoms with Crippen LogP contribution in [0.1, 0.15) is 67.4 Å². The third-order valence-electron chi connectivity index (χ3n) is 6.36. The van der Waals surface area contributed by atoms with E-state index in [0.29, 0.717) is 30.2 Å². The van der Waals surface area contributed by atoms with Gasteiger partial charge in [0.1, 0.15) is 0 Å². The Morgan fingerprint density at radius 1 is 1.11 bits per heavy atom. The third kappa shape index (κ3) is 5.99. The van der Waals surface area contributed by atoms with Gasteiger partial charge in [0.2, 0.25) is 0 Å². The van der Waals surface area contributed by atoms with Gasteiger partial charge in [0, 0.05) is 17.2 Å². The molecule has 7 nitrogen and oxygen atoms in total. The summed E-state index contributed by atoms with van der Waals surface area (Å²) in [5, 5.41) is 9.26. The molecule has 0 bridgehead atoms. The topological polar surface area (TPSA) is 80.2 Å². The van der Waals surface area contributed by atoms with Gasteiger partial charge in [-0.2, -0.15) is 5.10 Å². The van der Waals surface area contributed by atoms with Crippen LogP contribution in [-0.4, -0.2) is 46.9 Å². The highest BCUT2D eigenvalue weighted by Crippen LogP contribution is 2.34. The minimum Gasteiger partial charge on any atom is -0.493 e. The van der Waals surface area contributed by atoms with Crippen LogP contribution in [0, 0.1) is 0 Å². The molecule has 0 saturated heterocycles. The number of benzene rings is 2. The maximum Gasteiger partial charge on any atom is 0.302 e. The first kappa shape index (κ1) is 25.1. The molecule has 2 aromatic rings. The van der Waals surface area contributed by atoms with Crippen molar-refractivity contribution in [2.45, 2.75) is 63.8 Å². The highest BCUT2D eigenvalue weighted by atomic mass is 32.2. The molecule has 4 rings (SSSR count). The van der Waals surface area contributed by atoms with E-state index in [0.717, 1.165) is 36.1 Å². The summed E-state index contributed by atoms with van der Waals surface area (Å²) in [5.74, 6) is 1.28. The predicted molar refractivity (Wildman–Crippen MR) is 139 cm³/mol. The lowest BCUT2D eigenvalue weighted by Gasteiger charge is -2.28. The Bertz CT molecular complexity index is 1080. The van der Waals surface area contributed by atoms with Crippen LogP contribution in [0.15, 0.2) is 47.6 Å². The van der Waals surface area contributed by atoms with Gasteiger partial charge in [-0.25, -0.2) is 5.01 Å². The largest absolute Gasteiger partial charge is 0.493 e. The highest BCUT2D eigenvalue weighted by molar-refractivity contribution is 8.14. The van der Waals surface area contributed by atoms with Gasteiger partial charge >= 0.3 is 5.24 Å². The minimum absolute atomic E-state index is 0.0382. The molecule has 0 radical (unpaired) electrons. The molecular formula is C27H33N3O4S. The zero-order valence-electron chi connectivity index (χ0n) is 20.6. The zero-order chi connectivity index (χ0) is 24.8. The number of nitrogens with zero attached hydrogens (tertiary/aromatic N) is 2. The second-order valence-electron chi connectivity index (χ2n) is 8.77. The van der Waals surface area contributed by atoms with Crippen molar-refractivity contribution in [2.24, 2.45) is 5.10 Å². The predicted octanol–water partition coefficient (Wildman–Crippen LogP) is 5.62. The van der Waals surface area contributed by atoms with Crippen LogP contribution in [-0.2, 0) is 6.54 Å². The van der Waals surface area contributed by atoms with Crippen LogP contribution in [0.4, 0.5) is 4.79 Å². The van der Waals surface area contributed by atoms with Crippen LogP contribution in [0.5, 0.6) is 11.5 Å². The quantitative estimate of drug-likeness (QED) is 0.489. The Morgan fingerprint density at radius 3 is 2.51 bits per heavy atom. The van der Waals surface area contributed by atoms with E-state index in [1.165, 1.54) is 29.6 Å². The number of thioether (sulfide) groups is 1. The molecule has 1 atom stereocenters. The van der Waals surface area contributed by atoms with E-state index < -0.39 is 0 Å². The van der Waals surface area contributed by atoms with Crippen LogP contribution in [0.25, 0.3) is 0 Å². The van der Waals surface area contributed by atoms with E-state index in [2.05, 4.69) is 12.2 Å². The number of nitrogens with one attached hydrogen (secondary N) is 1. The molecule has 1 unspecified atom stereocenters. The monoisotopic (exact) mass is 495 g/mol. The fourth-order valence-corrected chi connectivity index (χ4v) is 5.40. The van der Waals surface area contributed by atoms with Gasteiger partial charge in [-0.1, -0.05) is 43.7 Å². The van der Waals surface area contributed by atoms with Crippen molar-refractivity contribution < 1.29 is 19.1 Å². The first-order valence-electron chi connectivity index (χ1n) is 12.3. The molecular weight excluding hydrogens is 462 g/mol. The maximum atomic E-state index is 12.9. The number of amides is 2. The normalized spacial score (nSPS) is 18.4. The summed E-state index contributed by atoms with van der Waals surface area (Å²) in [6, 6.07) is 13.5. The van der Waals surface area contributed by atoms with Crippen molar-refractivity contribution in [1.82, 2.24) is 10.3 Å². The number of hydrogen-bond acceptors (Lipinski definition) is 6. The Balaban J connectivity index is 1.52. The molecule has 8 heteroatoms. The van der Waals surface area contributed by atoms with Gasteiger partial charge in [-0.05, 0) is 62.1 Å². The Kier molecular flexibility index (Phi) is 8.33. The summed E-state index contributed by atoms with van der Waals surface area (Å²) < 4.78 is 11.2. The molecule has 0 spiro atoms. The number of methoxy groups -OCH3 is 1. The highest BCUT2D eigenvalue weighted by Gasteiger charge is 2.30. The van der Waals surface area contributed by atoms with Crippen LogP contribution in [0.3, 0.4) is 0 Å². The summed E-state index contributed by atoms with van der Waals surface area (Å²) in [4.78, 5) is 25.4. The average molecular weight is 496 g/mol. The zero-order valence-corrected chi connectivity index (χ0v) is 21.4. The van der Waals surface area contributed by atoms with Gasteiger partial charge in [0.15, 0.2) is 11.5 Å². The Hall–Kier alpha value is -3.00. The molecule has 2 amide bonds. The molecule has 1 fully saturated rings. The standard InChI is InChI=1S/C27H33N3O4S/c1-4-24-25(20-14-15-22(33-3)23(16-20)34-5-2)29-30(27(32)35-24)17-18-10-12-19(13-11-18)26(31)28-21-8-6-7-9-21/h10-16,21,24H,4-9,17H2,1-3H3,(H,28,31). The van der Waals surface area contributed by atoms with E-state index in [4.69, 9.17) is 14.6 Å². The minimum atomic E-state index is -0.0813. The van der Waals surface area contributed by atoms with Crippen LogP contribution < -0.4 is 14.8 Å². The maximum absolute atomic E-state index is 12.9. The molecule has 2 aromatic carbocycles. The van der Waals surface area contributed by atoms with E-state index in [9.17, 15) is 9.59 Å². The van der Waals surface area contributed by atoms with Crippen molar-refractivity contribution in [3.8, 4) is 11.5 Å². The second-order valence-corrected chi connectivity index (χ2v) is 9.93. The number of hydrazone groups is 1. The van der Waals surface area contributed by atoms with Crippen molar-refractivity contribution in [3.05, 3.63) is 59.2 Å². The molecule has 35 heavy (non-hydrogen) atoms. The van der Waals surface area contributed by atoms with Crippen molar-refractivity contribution in [1.29, 1.82) is 0 Å². The summed E-state index contributed by atoms with van der Waals surface area (Å²) in [6.45, 7) is 4.85. The van der Waals surface area contributed by atoms with Crippen molar-refractivity contribution in [2.75, 3.05) is 13.7 Å². The molecule has 1 N–H and O–H groups in total. The van der Waals surface area contributed by atoms with Gasteiger partial charge in [-0.15, -0.1) is 0 Å². The van der Waals surface area contributed by atoms with Crippen LogP contribution >= 0.6 is 11.8 Å². The summed E-state index contributed by atoms with van der Waals surface area (Å²) >= 11 is 1.29. The smallest absolute Gasteiger partial charge is 0.302 e. The van der Waals surface area contributed by atoms with Gasteiger partial charge in [0.25, 0.3) is 5.91 Å². The fourth-order valence-electron chi connectivity index (χ4n) is 4.47. The first-order valence-corrected chi connectivity index (χ1v) is 13.2. The van der Waals surface area contributed by atoms with Gasteiger partial charge < -0.3 is 14.8 Å². The Labute approximate surface area is 211 Å². The second kappa shape index (κ2) is 11.6. The molecule has 1 heterocycles. The molecule has 1 saturated carbocycles. The summed E-state index contributed by atoms with van der Waals surface area (Å²) in [6.07, 6.45) is 5.24. The molecule has 186 valence electrons. The SMILES string of the molecule is CCOc1cc(C2=NN(Cc3ccc(C(=O)NC4CCCC4)cc3)C(=O)SC2CC)ccc1OC. The molecule has 1 aliphatic carbocycles. The molecule has 0 aromatic heterocycles. The number of ether oxygens (including phenoxy) is 2. The fraction of sp³-hybridized carbons (Fsp3) is 0.444. The number of carbonyl (C=O) groups excluding carboxylic acids is 2. The van der Waals surface area contributed by atoms with Crippen molar-refractivity contribution in [3.63, 3.8) is 0 Å². The molecule has 2 aliphatic rings. The molecule has 1 aliphatic heterocycles. The van der Waals surface area contributed by atoms with E-state index >= 15 is 0 Å². The lowest BCUT2D eigenvalue weighted by molar-refractivity contribution is 0.0938. The lowest BCUT2D eigenvalue weighted by Crippen LogP contribution is -2.35. The van der Waals surface area contributed by atoms with Crippen LogP contribution in [0.2, 0.25) is 0 Å². The van der Waals surface area contributed by atoms with E-state index in [1.54, 1.807) is 7.11 Å². The van der Waals surface area contributed by atoms with Crippen molar-refractivity contribution >= 4 is 28.6 Å². The summed E-state index contributed by atoms with van der Waals surface area (Å²) in [7, 11) is 1.62. The number of rotatable bonds is 9. The van der Waals surface area contributed by atoms with E-state index in [1.807, 2.05) is 49.4 Å². The Morgan fingerprint density at radius 2 is 1.86 bits per heavy atom. The van der Waals surface area contributed by atoms with E-state index in [-0.39, 0.29) is 22.4 Å². The average Bonchev–Trinajstić information content (AvgIpc) is 3.38. The van der Waals surface area contributed by atoms with Gasteiger partial charge in [-0.3, -0.25) is 9.59 Å². The lowest BCUT2D eigenvalue weighted by atomic mass is 10.0. The number of hydrogen-bond donors (Lipinski definition) is 1. The third-order valence-corrected chi connectivity index (χ3v) is 7.61. The van der Waals surface area contributed by atoms with Gasteiger partial charge in [0.05, 0.1) is 31.2 Å².